The van der Waals surface area contributed by atoms with Crippen LogP contribution in [0.3, 0.4) is 0 Å². The standard InChI is InChI=1S/C26H26N4O2/c1-29-17-22-15-19(16-27-26(22)28-23(31)18-29)13-14-24(32)30(2)25(20-9-5-3-6-10-20)21-11-7-4-8-12-21/h3-16,25H,17-18H2,1-2H3,(H,27,28,31)/b14-13+. The molecule has 0 spiro atoms. The van der Waals surface area contributed by atoms with E-state index in [4.69, 9.17) is 0 Å². The highest BCUT2D eigenvalue weighted by molar-refractivity contribution is 5.93. The second kappa shape index (κ2) is 9.58. The number of nitrogens with zero attached hydrogens (tertiary/aromatic N) is 3. The van der Waals surface area contributed by atoms with E-state index in [0.29, 0.717) is 18.9 Å². The minimum Gasteiger partial charge on any atom is -0.331 e. The molecule has 162 valence electrons. The number of benzene rings is 2. The predicted octanol–water partition coefficient (Wildman–Crippen LogP) is 3.73. The number of rotatable bonds is 5. The Hall–Kier alpha value is -3.77. The molecule has 3 aromatic rings. The van der Waals surface area contributed by atoms with Gasteiger partial charge in [0.1, 0.15) is 5.82 Å². The molecule has 0 saturated heterocycles. The summed E-state index contributed by atoms with van der Waals surface area (Å²) in [5.41, 5.74) is 3.83. The van der Waals surface area contributed by atoms with Gasteiger partial charge in [-0.2, -0.15) is 0 Å². The average molecular weight is 427 g/mol. The van der Waals surface area contributed by atoms with Crippen LogP contribution in [0.1, 0.15) is 28.3 Å². The molecule has 0 bridgehead atoms. The van der Waals surface area contributed by atoms with Gasteiger partial charge in [-0.25, -0.2) is 4.98 Å². The number of likely N-dealkylation sites (N-methyl/N-ethyl adjacent to an activating group) is 2. The lowest BCUT2D eigenvalue weighted by Crippen LogP contribution is -2.30. The molecule has 6 heteroatoms. The first-order valence-corrected chi connectivity index (χ1v) is 10.5. The first-order valence-electron chi connectivity index (χ1n) is 10.5. The smallest absolute Gasteiger partial charge is 0.247 e. The molecule has 2 heterocycles. The zero-order valence-corrected chi connectivity index (χ0v) is 18.2. The maximum atomic E-state index is 13.1. The van der Waals surface area contributed by atoms with Crippen LogP contribution < -0.4 is 5.32 Å². The molecule has 1 aromatic heterocycles. The van der Waals surface area contributed by atoms with Gasteiger partial charge in [0.05, 0.1) is 12.6 Å². The fraction of sp³-hybridized carbons (Fsp3) is 0.192. The summed E-state index contributed by atoms with van der Waals surface area (Å²) in [7, 11) is 3.71. The molecule has 1 aliphatic heterocycles. The normalized spacial score (nSPS) is 14.2. The molecule has 4 rings (SSSR count). The van der Waals surface area contributed by atoms with Gasteiger partial charge in [-0.1, -0.05) is 60.7 Å². The molecule has 0 unspecified atom stereocenters. The lowest BCUT2D eigenvalue weighted by molar-refractivity contribution is -0.126. The molecular formula is C26H26N4O2. The van der Waals surface area contributed by atoms with Crippen LogP contribution >= 0.6 is 0 Å². The number of hydrogen-bond donors (Lipinski definition) is 1. The lowest BCUT2D eigenvalue weighted by atomic mass is 9.97. The zero-order valence-electron chi connectivity index (χ0n) is 18.2. The van der Waals surface area contributed by atoms with Gasteiger partial charge in [0.2, 0.25) is 11.8 Å². The number of anilines is 1. The van der Waals surface area contributed by atoms with Crippen LogP contribution in [-0.4, -0.2) is 47.2 Å². The molecule has 2 amide bonds. The number of fused-ring (bicyclic) bond motifs is 1. The molecule has 1 N–H and O–H groups in total. The molecule has 0 radical (unpaired) electrons. The Kier molecular flexibility index (Phi) is 6.42. The van der Waals surface area contributed by atoms with Crippen molar-refractivity contribution >= 4 is 23.7 Å². The Morgan fingerprint density at radius 2 is 1.69 bits per heavy atom. The Labute approximate surface area is 188 Å². The van der Waals surface area contributed by atoms with Gasteiger partial charge in [-0.15, -0.1) is 0 Å². The van der Waals surface area contributed by atoms with Crippen LogP contribution in [-0.2, 0) is 16.1 Å². The minimum absolute atomic E-state index is 0.0771. The maximum absolute atomic E-state index is 13.1. The highest BCUT2D eigenvalue weighted by atomic mass is 16.2. The fourth-order valence-corrected chi connectivity index (χ4v) is 3.94. The van der Waals surface area contributed by atoms with Gasteiger partial charge < -0.3 is 10.2 Å². The third kappa shape index (κ3) is 4.92. The van der Waals surface area contributed by atoms with Crippen molar-refractivity contribution in [3.63, 3.8) is 0 Å². The van der Waals surface area contributed by atoms with Crippen LogP contribution in [0.2, 0.25) is 0 Å². The van der Waals surface area contributed by atoms with E-state index >= 15 is 0 Å². The van der Waals surface area contributed by atoms with Gasteiger partial charge in [0, 0.05) is 31.4 Å². The molecule has 32 heavy (non-hydrogen) atoms. The van der Waals surface area contributed by atoms with Crippen molar-refractivity contribution in [3.05, 3.63) is 101 Å². The summed E-state index contributed by atoms with van der Waals surface area (Å²) in [6.07, 6.45) is 5.01. The van der Waals surface area contributed by atoms with Crippen molar-refractivity contribution in [2.75, 3.05) is 26.0 Å². The maximum Gasteiger partial charge on any atom is 0.247 e. The third-order valence-electron chi connectivity index (χ3n) is 5.48. The summed E-state index contributed by atoms with van der Waals surface area (Å²) < 4.78 is 0. The third-order valence-corrected chi connectivity index (χ3v) is 5.48. The SMILES string of the molecule is CN1CC(=O)Nc2ncc(/C=C/C(=O)N(C)C(c3ccccc3)c3ccccc3)cc2C1. The number of aromatic nitrogens is 1. The van der Waals surface area contributed by atoms with E-state index < -0.39 is 0 Å². The second-order valence-corrected chi connectivity index (χ2v) is 8.00. The van der Waals surface area contributed by atoms with Crippen molar-refractivity contribution in [3.8, 4) is 0 Å². The van der Waals surface area contributed by atoms with E-state index in [2.05, 4.69) is 10.3 Å². The van der Waals surface area contributed by atoms with Crippen LogP contribution in [0.25, 0.3) is 6.08 Å². The van der Waals surface area contributed by atoms with E-state index in [0.717, 1.165) is 22.3 Å². The predicted molar refractivity (Wildman–Crippen MR) is 126 cm³/mol. The minimum atomic E-state index is -0.191. The Balaban J connectivity index is 1.56. The molecule has 1 aliphatic rings. The fourth-order valence-electron chi connectivity index (χ4n) is 3.94. The van der Waals surface area contributed by atoms with Gasteiger partial charge >= 0.3 is 0 Å². The monoisotopic (exact) mass is 426 g/mol. The van der Waals surface area contributed by atoms with E-state index in [-0.39, 0.29) is 17.9 Å². The zero-order chi connectivity index (χ0) is 22.5. The van der Waals surface area contributed by atoms with Gasteiger partial charge in [-0.3, -0.25) is 14.5 Å². The highest BCUT2D eigenvalue weighted by Crippen LogP contribution is 2.28. The van der Waals surface area contributed by atoms with E-state index in [1.165, 1.54) is 0 Å². The van der Waals surface area contributed by atoms with Crippen molar-refractivity contribution in [2.24, 2.45) is 0 Å². The van der Waals surface area contributed by atoms with Crippen molar-refractivity contribution in [2.45, 2.75) is 12.6 Å². The van der Waals surface area contributed by atoms with E-state index in [9.17, 15) is 9.59 Å². The Morgan fingerprint density at radius 1 is 1.06 bits per heavy atom. The second-order valence-electron chi connectivity index (χ2n) is 8.00. The number of pyridine rings is 1. The largest absolute Gasteiger partial charge is 0.331 e. The Bertz CT molecular complexity index is 1090. The molecule has 6 nitrogen and oxygen atoms in total. The molecule has 0 fully saturated rings. The summed E-state index contributed by atoms with van der Waals surface area (Å²) in [5.74, 6) is 0.392. The summed E-state index contributed by atoms with van der Waals surface area (Å²) >= 11 is 0. The van der Waals surface area contributed by atoms with E-state index in [1.807, 2.05) is 85.7 Å². The Morgan fingerprint density at radius 3 is 2.31 bits per heavy atom. The van der Waals surface area contributed by atoms with Crippen LogP contribution in [0.5, 0.6) is 0 Å². The summed E-state index contributed by atoms with van der Waals surface area (Å²) in [6, 6.07) is 21.8. The number of nitrogens with one attached hydrogen (secondary N) is 1. The molecule has 0 atom stereocenters. The van der Waals surface area contributed by atoms with E-state index in [1.54, 1.807) is 23.2 Å². The van der Waals surface area contributed by atoms with Crippen LogP contribution in [0.4, 0.5) is 5.82 Å². The summed E-state index contributed by atoms with van der Waals surface area (Å²) in [5, 5.41) is 2.82. The molecule has 2 aromatic carbocycles. The quantitative estimate of drug-likeness (QED) is 0.632. The first-order chi connectivity index (χ1) is 15.5. The van der Waals surface area contributed by atoms with Crippen molar-refractivity contribution in [1.29, 1.82) is 0 Å². The topological polar surface area (TPSA) is 65.5 Å². The van der Waals surface area contributed by atoms with Gasteiger partial charge in [0.25, 0.3) is 0 Å². The lowest BCUT2D eigenvalue weighted by Gasteiger charge is -2.28. The first kappa shape index (κ1) is 21.5. The number of carbonyl (C=O) groups is 2. The summed E-state index contributed by atoms with van der Waals surface area (Å²) in [4.78, 5) is 33.0. The number of hydrogen-bond acceptors (Lipinski definition) is 4. The van der Waals surface area contributed by atoms with Crippen molar-refractivity contribution in [1.82, 2.24) is 14.8 Å². The van der Waals surface area contributed by atoms with Crippen LogP contribution in [0.15, 0.2) is 79.0 Å². The average Bonchev–Trinajstić information content (AvgIpc) is 2.94. The number of carbonyl (C=O) groups excluding carboxylic acids is 2. The van der Waals surface area contributed by atoms with Gasteiger partial charge in [0.15, 0.2) is 0 Å². The molecule has 0 aliphatic carbocycles. The number of amides is 2. The highest BCUT2D eigenvalue weighted by Gasteiger charge is 2.22. The van der Waals surface area contributed by atoms with Crippen molar-refractivity contribution < 1.29 is 9.59 Å². The van der Waals surface area contributed by atoms with Gasteiger partial charge in [-0.05, 0) is 35.9 Å². The van der Waals surface area contributed by atoms with Crippen LogP contribution in [0, 0.1) is 0 Å². The summed E-state index contributed by atoms with van der Waals surface area (Å²) in [6.45, 7) is 0.936. The molecule has 0 saturated carbocycles. The molecular weight excluding hydrogens is 400 g/mol.